The molecule has 0 saturated carbocycles. The highest BCUT2D eigenvalue weighted by atomic mass is 32.2. The molecule has 1 aliphatic rings. The van der Waals surface area contributed by atoms with Crippen molar-refractivity contribution < 1.29 is 22.4 Å². The van der Waals surface area contributed by atoms with Crippen LogP contribution in [-0.4, -0.2) is 37.8 Å². The van der Waals surface area contributed by atoms with Crippen molar-refractivity contribution in [2.45, 2.75) is 50.6 Å². The molecule has 1 saturated heterocycles. The van der Waals surface area contributed by atoms with Crippen molar-refractivity contribution in [3.05, 3.63) is 59.9 Å². The third kappa shape index (κ3) is 4.25. The second-order valence-electron chi connectivity index (χ2n) is 8.07. The highest BCUT2D eigenvalue weighted by Gasteiger charge is 2.39. The molecule has 0 aliphatic carbocycles. The van der Waals surface area contributed by atoms with Crippen LogP contribution < -0.4 is 10.1 Å². The van der Waals surface area contributed by atoms with Crippen LogP contribution in [0.4, 0.5) is 0 Å². The molecule has 1 aromatic heterocycles. The van der Waals surface area contributed by atoms with Crippen LogP contribution in [-0.2, 0) is 14.8 Å². The molecule has 0 spiro atoms. The Kier molecular flexibility index (Phi) is 6.26. The topological polar surface area (TPSA) is 88.9 Å². The van der Waals surface area contributed by atoms with Crippen molar-refractivity contribution in [3.63, 3.8) is 0 Å². The lowest BCUT2D eigenvalue weighted by molar-refractivity contribution is -0.125. The number of aryl methyl sites for hydroxylation is 1. The van der Waals surface area contributed by atoms with E-state index in [0.29, 0.717) is 43.1 Å². The molecule has 1 fully saturated rings. The van der Waals surface area contributed by atoms with Gasteiger partial charge in [0, 0.05) is 11.9 Å². The highest BCUT2D eigenvalue weighted by molar-refractivity contribution is 7.89. The van der Waals surface area contributed by atoms with Crippen LogP contribution in [0.2, 0.25) is 0 Å². The third-order valence-corrected chi connectivity index (χ3v) is 7.67. The van der Waals surface area contributed by atoms with E-state index in [2.05, 4.69) is 5.32 Å². The van der Waals surface area contributed by atoms with Gasteiger partial charge in [-0.25, -0.2) is 8.42 Å². The molecule has 4 rings (SSSR count). The Balaban J connectivity index is 1.52. The van der Waals surface area contributed by atoms with E-state index in [1.54, 1.807) is 24.3 Å². The first kappa shape index (κ1) is 22.4. The van der Waals surface area contributed by atoms with Crippen molar-refractivity contribution in [1.82, 2.24) is 9.62 Å². The molecule has 0 radical (unpaired) electrons. The van der Waals surface area contributed by atoms with Crippen LogP contribution in [0, 0.1) is 6.92 Å². The van der Waals surface area contributed by atoms with Gasteiger partial charge in [0.2, 0.25) is 15.9 Å². The van der Waals surface area contributed by atoms with Gasteiger partial charge in [-0.3, -0.25) is 4.79 Å². The Morgan fingerprint density at radius 3 is 2.72 bits per heavy atom. The summed E-state index contributed by atoms with van der Waals surface area (Å²) in [6.45, 7) is 6.48. The Morgan fingerprint density at radius 1 is 1.25 bits per heavy atom. The molecule has 7 nitrogen and oxygen atoms in total. The summed E-state index contributed by atoms with van der Waals surface area (Å²) in [5.74, 6) is 0.920. The van der Waals surface area contributed by atoms with Crippen molar-refractivity contribution in [2.24, 2.45) is 0 Å². The maximum Gasteiger partial charge on any atom is 0.243 e. The van der Waals surface area contributed by atoms with Crippen molar-refractivity contribution >= 4 is 26.9 Å². The second-order valence-corrected chi connectivity index (χ2v) is 9.96. The van der Waals surface area contributed by atoms with Gasteiger partial charge >= 0.3 is 0 Å². The van der Waals surface area contributed by atoms with Gasteiger partial charge in [-0.15, -0.1) is 0 Å². The van der Waals surface area contributed by atoms with Crippen LogP contribution >= 0.6 is 0 Å². The van der Waals surface area contributed by atoms with E-state index in [0.717, 1.165) is 10.9 Å². The average Bonchev–Trinajstić information content (AvgIpc) is 3.43. The number of furan rings is 1. The van der Waals surface area contributed by atoms with Gasteiger partial charge in [-0.05, 0) is 57.9 Å². The van der Waals surface area contributed by atoms with E-state index in [1.807, 2.05) is 45.0 Å². The van der Waals surface area contributed by atoms with Crippen molar-refractivity contribution in [3.8, 4) is 5.75 Å². The quantitative estimate of drug-likeness (QED) is 0.576. The Labute approximate surface area is 188 Å². The summed E-state index contributed by atoms with van der Waals surface area (Å²) >= 11 is 0. The van der Waals surface area contributed by atoms with E-state index in [9.17, 15) is 13.2 Å². The molecular weight excluding hydrogens is 428 g/mol. The van der Waals surface area contributed by atoms with Crippen molar-refractivity contribution in [1.29, 1.82) is 0 Å². The minimum absolute atomic E-state index is 0.205. The number of para-hydroxylation sites is 1. The van der Waals surface area contributed by atoms with Gasteiger partial charge in [0.25, 0.3) is 0 Å². The normalized spacial score (nSPS) is 18.0. The van der Waals surface area contributed by atoms with Gasteiger partial charge in [0.05, 0.1) is 17.5 Å². The van der Waals surface area contributed by atoms with Gasteiger partial charge in [0.1, 0.15) is 11.8 Å². The van der Waals surface area contributed by atoms with E-state index < -0.39 is 22.1 Å². The molecule has 170 valence electrons. The van der Waals surface area contributed by atoms with E-state index in [-0.39, 0.29) is 10.8 Å². The van der Waals surface area contributed by atoms with Crippen LogP contribution in [0.25, 0.3) is 11.0 Å². The maximum atomic E-state index is 13.1. The number of ether oxygens (including phenoxy) is 1. The fourth-order valence-electron chi connectivity index (χ4n) is 4.06. The smallest absolute Gasteiger partial charge is 0.243 e. The van der Waals surface area contributed by atoms with Gasteiger partial charge < -0.3 is 14.5 Å². The third-order valence-electron chi connectivity index (χ3n) is 5.75. The number of sulfonamides is 1. The summed E-state index contributed by atoms with van der Waals surface area (Å²) < 4.78 is 39.2. The maximum absolute atomic E-state index is 13.1. The monoisotopic (exact) mass is 456 g/mol. The number of nitrogens with one attached hydrogen (secondary N) is 1. The SMILES string of the molecule is CCOc1cccc2cc(C(C)NC(=O)C3CCCN3S(=O)(=O)c3ccc(C)cc3)oc12. The van der Waals surface area contributed by atoms with Crippen LogP contribution in [0.15, 0.2) is 57.8 Å². The molecule has 3 aromatic rings. The zero-order valence-electron chi connectivity index (χ0n) is 18.5. The predicted octanol–water partition coefficient (Wildman–Crippen LogP) is 4.17. The predicted molar refractivity (Wildman–Crippen MR) is 122 cm³/mol. The minimum Gasteiger partial charge on any atom is -0.490 e. The number of benzene rings is 2. The van der Waals surface area contributed by atoms with Crippen molar-refractivity contribution in [2.75, 3.05) is 13.2 Å². The summed E-state index contributed by atoms with van der Waals surface area (Å²) in [5.41, 5.74) is 1.61. The molecule has 2 aromatic carbocycles. The Bertz CT molecular complexity index is 1220. The van der Waals surface area contributed by atoms with Gasteiger partial charge in [-0.1, -0.05) is 29.8 Å². The van der Waals surface area contributed by atoms with E-state index in [4.69, 9.17) is 9.15 Å². The standard InChI is InChI=1S/C24H28N2O5S/c1-4-30-21-9-5-7-18-15-22(31-23(18)21)17(3)25-24(27)20-8-6-14-26(20)32(28,29)19-12-10-16(2)11-13-19/h5,7,9-13,15,17,20H,4,6,8,14H2,1-3H3,(H,25,27). The van der Waals surface area contributed by atoms with Crippen LogP contribution in [0.1, 0.15) is 44.1 Å². The number of amides is 1. The first-order valence-electron chi connectivity index (χ1n) is 10.9. The lowest BCUT2D eigenvalue weighted by atomic mass is 10.1. The molecule has 1 N–H and O–H groups in total. The Morgan fingerprint density at radius 2 is 2.00 bits per heavy atom. The average molecular weight is 457 g/mol. The fraction of sp³-hybridized carbons (Fsp3) is 0.375. The molecular formula is C24H28N2O5S. The molecule has 2 atom stereocenters. The minimum atomic E-state index is -3.75. The van der Waals surface area contributed by atoms with Gasteiger partial charge in [-0.2, -0.15) is 4.31 Å². The lowest BCUT2D eigenvalue weighted by Gasteiger charge is -2.24. The first-order valence-corrected chi connectivity index (χ1v) is 12.3. The molecule has 32 heavy (non-hydrogen) atoms. The number of fused-ring (bicyclic) bond motifs is 1. The van der Waals surface area contributed by atoms with E-state index in [1.165, 1.54) is 4.31 Å². The molecule has 1 amide bonds. The number of hydrogen-bond donors (Lipinski definition) is 1. The first-order chi connectivity index (χ1) is 15.3. The molecule has 8 heteroatoms. The molecule has 2 heterocycles. The number of nitrogens with zero attached hydrogens (tertiary/aromatic N) is 1. The summed E-state index contributed by atoms with van der Waals surface area (Å²) in [5, 5.41) is 3.82. The number of carbonyl (C=O) groups excluding carboxylic acids is 1. The molecule has 1 aliphatic heterocycles. The number of carbonyl (C=O) groups is 1. The second kappa shape index (κ2) is 8.96. The fourth-order valence-corrected chi connectivity index (χ4v) is 5.71. The summed E-state index contributed by atoms with van der Waals surface area (Å²) in [7, 11) is -3.75. The molecule has 2 unspecified atom stereocenters. The zero-order valence-corrected chi connectivity index (χ0v) is 19.3. The number of hydrogen-bond acceptors (Lipinski definition) is 5. The summed E-state index contributed by atoms with van der Waals surface area (Å²) in [4.78, 5) is 13.3. The van der Waals surface area contributed by atoms with E-state index >= 15 is 0 Å². The number of rotatable bonds is 7. The largest absolute Gasteiger partial charge is 0.490 e. The van der Waals surface area contributed by atoms with Crippen LogP contribution in [0.5, 0.6) is 5.75 Å². The summed E-state index contributed by atoms with van der Waals surface area (Å²) in [6, 6.07) is 13.1. The molecule has 0 bridgehead atoms. The zero-order chi connectivity index (χ0) is 22.9. The van der Waals surface area contributed by atoms with Gasteiger partial charge in [0.15, 0.2) is 11.3 Å². The lowest BCUT2D eigenvalue weighted by Crippen LogP contribution is -2.46. The summed E-state index contributed by atoms with van der Waals surface area (Å²) in [6.07, 6.45) is 1.12. The highest BCUT2D eigenvalue weighted by Crippen LogP contribution is 2.32. The Hall–Kier alpha value is -2.84. The van der Waals surface area contributed by atoms with Crippen LogP contribution in [0.3, 0.4) is 0 Å².